The molecule has 0 atom stereocenters. The van der Waals surface area contributed by atoms with E-state index in [1.54, 1.807) is 0 Å². The van der Waals surface area contributed by atoms with Crippen LogP contribution in [0.3, 0.4) is 0 Å². The minimum Gasteiger partial charge on any atom is -0.492 e. The van der Waals surface area contributed by atoms with E-state index in [4.69, 9.17) is 4.74 Å². The summed E-state index contributed by atoms with van der Waals surface area (Å²) in [7, 11) is 0. The van der Waals surface area contributed by atoms with Crippen molar-refractivity contribution in [2.75, 3.05) is 6.61 Å². The Morgan fingerprint density at radius 1 is 1.29 bits per heavy atom. The third-order valence-electron chi connectivity index (χ3n) is 2.73. The molecule has 0 radical (unpaired) electrons. The molecule has 90 valence electrons. The molecule has 0 fully saturated rings. The molecule has 0 spiro atoms. The monoisotopic (exact) mass is 294 g/mol. The summed E-state index contributed by atoms with van der Waals surface area (Å²) in [6.45, 7) is 4.70. The zero-order valence-electron chi connectivity index (χ0n) is 9.96. The van der Waals surface area contributed by atoms with Gasteiger partial charge in [0.1, 0.15) is 5.75 Å². The maximum atomic E-state index is 5.73. The van der Waals surface area contributed by atoms with Crippen molar-refractivity contribution >= 4 is 15.9 Å². The van der Waals surface area contributed by atoms with Crippen LogP contribution in [0.4, 0.5) is 0 Å². The predicted molar refractivity (Wildman–Crippen MR) is 71.4 cm³/mol. The van der Waals surface area contributed by atoms with Crippen LogP contribution in [-0.4, -0.2) is 16.8 Å². The van der Waals surface area contributed by atoms with Crippen molar-refractivity contribution in [3.63, 3.8) is 0 Å². The van der Waals surface area contributed by atoms with Crippen LogP contribution in [0.1, 0.15) is 17.0 Å². The van der Waals surface area contributed by atoms with Gasteiger partial charge in [-0.1, -0.05) is 12.1 Å². The van der Waals surface area contributed by atoms with Crippen LogP contribution in [0.2, 0.25) is 0 Å². The molecule has 0 aliphatic carbocycles. The molecule has 0 amide bonds. The second-order valence-corrected chi connectivity index (χ2v) is 4.80. The summed E-state index contributed by atoms with van der Waals surface area (Å²) in [5.74, 6) is 0.881. The molecular weight excluding hydrogens is 280 g/mol. The number of H-pyrrole nitrogens is 1. The molecule has 2 aromatic rings. The first-order chi connectivity index (χ1) is 8.18. The van der Waals surface area contributed by atoms with Gasteiger partial charge in [0.2, 0.25) is 0 Å². The third-order valence-corrected chi connectivity index (χ3v) is 3.38. The number of nitrogens with one attached hydrogen (secondary N) is 1. The Morgan fingerprint density at radius 2 is 2.06 bits per heavy atom. The number of hydrogen-bond donors (Lipinski definition) is 1. The van der Waals surface area contributed by atoms with E-state index in [1.807, 2.05) is 38.1 Å². The van der Waals surface area contributed by atoms with Crippen LogP contribution in [0.15, 0.2) is 28.7 Å². The van der Waals surface area contributed by atoms with Gasteiger partial charge in [-0.05, 0) is 47.5 Å². The van der Waals surface area contributed by atoms with E-state index in [2.05, 4.69) is 26.1 Å². The van der Waals surface area contributed by atoms with Gasteiger partial charge in [-0.3, -0.25) is 5.10 Å². The molecule has 4 heteroatoms. The highest BCUT2D eigenvalue weighted by molar-refractivity contribution is 9.10. The van der Waals surface area contributed by atoms with E-state index >= 15 is 0 Å². The Hall–Kier alpha value is -1.29. The van der Waals surface area contributed by atoms with Crippen molar-refractivity contribution < 1.29 is 4.74 Å². The van der Waals surface area contributed by atoms with E-state index in [1.165, 1.54) is 5.56 Å². The van der Waals surface area contributed by atoms with Gasteiger partial charge in [0.05, 0.1) is 16.8 Å². The quantitative estimate of drug-likeness (QED) is 0.938. The van der Waals surface area contributed by atoms with Crippen molar-refractivity contribution in [1.82, 2.24) is 10.2 Å². The molecule has 3 nitrogen and oxygen atoms in total. The van der Waals surface area contributed by atoms with Gasteiger partial charge < -0.3 is 4.74 Å². The normalized spacial score (nSPS) is 10.5. The SMILES string of the molecule is Cc1n[nH]c(C)c1CCOc1ccccc1Br. The zero-order valence-corrected chi connectivity index (χ0v) is 11.5. The molecule has 1 heterocycles. The molecule has 0 aliphatic heterocycles. The Kier molecular flexibility index (Phi) is 3.84. The fourth-order valence-corrected chi connectivity index (χ4v) is 2.17. The minimum absolute atomic E-state index is 0.657. The second-order valence-electron chi connectivity index (χ2n) is 3.94. The topological polar surface area (TPSA) is 37.9 Å². The maximum Gasteiger partial charge on any atom is 0.133 e. The average molecular weight is 295 g/mol. The van der Waals surface area contributed by atoms with Crippen molar-refractivity contribution in [3.05, 3.63) is 45.7 Å². The second kappa shape index (κ2) is 5.36. The number of benzene rings is 1. The third kappa shape index (κ3) is 2.88. The van der Waals surface area contributed by atoms with Gasteiger partial charge in [0.25, 0.3) is 0 Å². The largest absolute Gasteiger partial charge is 0.492 e. The Balaban J connectivity index is 1.95. The number of rotatable bonds is 4. The van der Waals surface area contributed by atoms with Gasteiger partial charge in [-0.25, -0.2) is 0 Å². The summed E-state index contributed by atoms with van der Waals surface area (Å²) in [6, 6.07) is 7.87. The van der Waals surface area contributed by atoms with E-state index in [0.717, 1.165) is 28.0 Å². The van der Waals surface area contributed by atoms with Crippen LogP contribution >= 0.6 is 15.9 Å². The van der Waals surface area contributed by atoms with Gasteiger partial charge in [0.15, 0.2) is 0 Å². The molecule has 1 aromatic heterocycles. The van der Waals surface area contributed by atoms with E-state index in [0.29, 0.717) is 6.61 Å². The number of aryl methyl sites for hydroxylation is 2. The lowest BCUT2D eigenvalue weighted by atomic mass is 10.1. The number of halogens is 1. The van der Waals surface area contributed by atoms with Crippen LogP contribution < -0.4 is 4.74 Å². The number of hydrogen-bond acceptors (Lipinski definition) is 2. The highest BCUT2D eigenvalue weighted by Crippen LogP contribution is 2.24. The van der Waals surface area contributed by atoms with Gasteiger partial charge in [-0.2, -0.15) is 5.10 Å². The highest BCUT2D eigenvalue weighted by atomic mass is 79.9. The molecule has 0 aliphatic rings. The van der Waals surface area contributed by atoms with Gasteiger partial charge >= 0.3 is 0 Å². The summed E-state index contributed by atoms with van der Waals surface area (Å²) in [6.07, 6.45) is 0.871. The molecule has 0 unspecified atom stereocenters. The summed E-state index contributed by atoms with van der Waals surface area (Å²) in [5, 5.41) is 7.15. The van der Waals surface area contributed by atoms with Crippen molar-refractivity contribution in [2.24, 2.45) is 0 Å². The molecule has 17 heavy (non-hydrogen) atoms. The Bertz CT molecular complexity index is 488. The molecule has 1 N–H and O–H groups in total. The Labute approximate surface area is 109 Å². The maximum absolute atomic E-state index is 5.73. The van der Waals surface area contributed by atoms with Gasteiger partial charge in [0, 0.05) is 12.1 Å². The fraction of sp³-hybridized carbons (Fsp3) is 0.308. The zero-order chi connectivity index (χ0) is 12.3. The lowest BCUT2D eigenvalue weighted by Gasteiger charge is -2.07. The fourth-order valence-electron chi connectivity index (χ4n) is 1.77. The molecule has 2 rings (SSSR count). The number of nitrogens with zero attached hydrogens (tertiary/aromatic N) is 1. The minimum atomic E-state index is 0.657. The highest BCUT2D eigenvalue weighted by Gasteiger charge is 2.06. The summed E-state index contributed by atoms with van der Waals surface area (Å²) in [5.41, 5.74) is 3.42. The van der Waals surface area contributed by atoms with Crippen LogP contribution in [0, 0.1) is 13.8 Å². The number of aromatic amines is 1. The van der Waals surface area contributed by atoms with E-state index < -0.39 is 0 Å². The molecule has 1 aromatic carbocycles. The predicted octanol–water partition coefficient (Wildman–Crippen LogP) is 3.41. The van der Waals surface area contributed by atoms with Crippen molar-refractivity contribution in [1.29, 1.82) is 0 Å². The standard InChI is InChI=1S/C13H15BrN2O/c1-9-11(10(2)16-15-9)7-8-17-13-6-4-3-5-12(13)14/h3-6H,7-8H2,1-2H3,(H,15,16). The average Bonchev–Trinajstić information content (AvgIpc) is 2.63. The van der Waals surface area contributed by atoms with Crippen LogP contribution in [-0.2, 0) is 6.42 Å². The lowest BCUT2D eigenvalue weighted by molar-refractivity contribution is 0.319. The van der Waals surface area contributed by atoms with E-state index in [-0.39, 0.29) is 0 Å². The number of aromatic nitrogens is 2. The van der Waals surface area contributed by atoms with Crippen LogP contribution in [0.5, 0.6) is 5.75 Å². The lowest BCUT2D eigenvalue weighted by Crippen LogP contribution is -2.03. The smallest absolute Gasteiger partial charge is 0.133 e. The van der Waals surface area contributed by atoms with Crippen LogP contribution in [0.25, 0.3) is 0 Å². The summed E-state index contributed by atoms with van der Waals surface area (Å²) < 4.78 is 6.72. The molecule has 0 bridgehead atoms. The molecular formula is C13H15BrN2O. The van der Waals surface area contributed by atoms with Gasteiger partial charge in [-0.15, -0.1) is 0 Å². The molecule has 0 saturated heterocycles. The van der Waals surface area contributed by atoms with Crippen molar-refractivity contribution in [3.8, 4) is 5.75 Å². The first-order valence-corrected chi connectivity index (χ1v) is 6.35. The summed E-state index contributed by atoms with van der Waals surface area (Å²) >= 11 is 3.46. The molecule has 0 saturated carbocycles. The summed E-state index contributed by atoms with van der Waals surface area (Å²) in [4.78, 5) is 0. The van der Waals surface area contributed by atoms with Crippen molar-refractivity contribution in [2.45, 2.75) is 20.3 Å². The first kappa shape index (κ1) is 12.2. The number of ether oxygens (including phenoxy) is 1. The Morgan fingerprint density at radius 3 is 2.71 bits per heavy atom. The number of para-hydroxylation sites is 1. The first-order valence-electron chi connectivity index (χ1n) is 5.56. The van der Waals surface area contributed by atoms with E-state index in [9.17, 15) is 0 Å².